The van der Waals surface area contributed by atoms with Crippen LogP contribution in [0.15, 0.2) is 42.6 Å². The third-order valence-electron chi connectivity index (χ3n) is 6.77. The highest BCUT2D eigenvalue weighted by Crippen LogP contribution is 2.28. The Hall–Kier alpha value is -3.12. The Bertz CT molecular complexity index is 1270. The number of aromatic nitrogens is 3. The summed E-state index contributed by atoms with van der Waals surface area (Å²) in [6.45, 7) is 8.97. The van der Waals surface area contributed by atoms with Crippen LogP contribution in [-0.4, -0.2) is 101 Å². The standard InChI is InChI=1S/C28H38N8O2S/c1-19-15-35(16-20(2)38-19)17-21-13-24(30-22-9-12-36(18-22)26(37)8-6-11-34(3)4)32-25(14-21)33-28-31-23-7-5-10-29-27(23)39-28/h5-8,10,13-14,19-20,22H,9,11-12,15-18H2,1-4H3,(H2,30,31,32,33)/b8-6+/t19-,20+,22-/m0/s1. The number of nitrogens with zero attached hydrogens (tertiary/aromatic N) is 6. The van der Waals surface area contributed by atoms with Crippen molar-refractivity contribution in [1.82, 2.24) is 29.7 Å². The van der Waals surface area contributed by atoms with Gasteiger partial charge in [0, 0.05) is 57.6 Å². The summed E-state index contributed by atoms with van der Waals surface area (Å²) in [5.41, 5.74) is 2.03. The summed E-state index contributed by atoms with van der Waals surface area (Å²) >= 11 is 1.51. The Labute approximate surface area is 234 Å². The number of nitrogens with one attached hydrogen (secondary N) is 2. The summed E-state index contributed by atoms with van der Waals surface area (Å²) in [5, 5.41) is 7.77. The molecule has 2 aliphatic heterocycles. The quantitative estimate of drug-likeness (QED) is 0.388. The van der Waals surface area contributed by atoms with Crippen LogP contribution >= 0.6 is 11.3 Å². The van der Waals surface area contributed by atoms with Gasteiger partial charge in [0.05, 0.1) is 12.2 Å². The van der Waals surface area contributed by atoms with E-state index >= 15 is 0 Å². The van der Waals surface area contributed by atoms with Gasteiger partial charge in [-0.05, 0) is 64.2 Å². The lowest BCUT2D eigenvalue weighted by molar-refractivity contribution is -0.125. The number of carbonyl (C=O) groups is 1. The highest BCUT2D eigenvalue weighted by molar-refractivity contribution is 7.21. The van der Waals surface area contributed by atoms with Gasteiger partial charge in [0.25, 0.3) is 0 Å². The first-order chi connectivity index (χ1) is 18.8. The molecule has 2 aliphatic rings. The molecule has 0 spiro atoms. The van der Waals surface area contributed by atoms with Crippen LogP contribution in [0, 0.1) is 0 Å². The van der Waals surface area contributed by atoms with Crippen LogP contribution in [0.5, 0.6) is 0 Å². The molecule has 5 rings (SSSR count). The molecule has 1 amide bonds. The fourth-order valence-electron chi connectivity index (χ4n) is 5.18. The number of thiazole rings is 1. The summed E-state index contributed by atoms with van der Waals surface area (Å²) in [6.07, 6.45) is 6.66. The Morgan fingerprint density at radius 2 is 1.97 bits per heavy atom. The normalized spacial score (nSPS) is 22.3. The average molecular weight is 551 g/mol. The van der Waals surface area contributed by atoms with Crippen molar-refractivity contribution in [2.24, 2.45) is 0 Å². The predicted octanol–water partition coefficient (Wildman–Crippen LogP) is 3.57. The molecule has 2 fully saturated rings. The number of pyridine rings is 2. The molecule has 2 N–H and O–H groups in total. The fraction of sp³-hybridized carbons (Fsp3) is 0.500. The molecule has 2 saturated heterocycles. The van der Waals surface area contributed by atoms with Crippen molar-refractivity contribution in [1.29, 1.82) is 0 Å². The van der Waals surface area contributed by atoms with Gasteiger partial charge in [0.1, 0.15) is 22.0 Å². The molecule has 3 aromatic rings. The van der Waals surface area contributed by atoms with Crippen LogP contribution in [0.1, 0.15) is 25.8 Å². The third-order valence-corrected chi connectivity index (χ3v) is 7.67. The van der Waals surface area contributed by atoms with Gasteiger partial charge in [-0.1, -0.05) is 17.4 Å². The first-order valence-electron chi connectivity index (χ1n) is 13.5. The Morgan fingerprint density at radius 3 is 2.74 bits per heavy atom. The Balaban J connectivity index is 1.31. The van der Waals surface area contributed by atoms with Crippen molar-refractivity contribution in [3.8, 4) is 0 Å². The molecule has 5 heterocycles. The molecule has 3 aromatic heterocycles. The number of fused-ring (bicyclic) bond motifs is 1. The number of ether oxygens (including phenoxy) is 1. The van der Waals surface area contributed by atoms with Gasteiger partial charge >= 0.3 is 0 Å². The fourth-order valence-corrected chi connectivity index (χ4v) is 5.99. The topological polar surface area (TPSA) is 98.8 Å². The van der Waals surface area contributed by atoms with Crippen molar-refractivity contribution in [3.63, 3.8) is 0 Å². The number of likely N-dealkylation sites (tertiary alicyclic amines) is 1. The van der Waals surface area contributed by atoms with Gasteiger partial charge in [-0.15, -0.1) is 0 Å². The SMILES string of the molecule is C[C@@H]1CN(Cc2cc(Nc3nc4cccnc4s3)nc(N[C@H]3CCN(C(=O)/C=C/CN(C)C)C3)c2)C[C@H](C)O1. The molecule has 0 aliphatic carbocycles. The maximum absolute atomic E-state index is 12.6. The zero-order valence-corrected chi connectivity index (χ0v) is 23.9. The highest BCUT2D eigenvalue weighted by atomic mass is 32.1. The lowest BCUT2D eigenvalue weighted by atomic mass is 10.1. The van der Waals surface area contributed by atoms with Gasteiger partial charge < -0.3 is 25.2 Å². The van der Waals surface area contributed by atoms with Crippen molar-refractivity contribution in [2.45, 2.75) is 45.1 Å². The van der Waals surface area contributed by atoms with E-state index in [1.165, 1.54) is 11.3 Å². The van der Waals surface area contributed by atoms with E-state index in [1.54, 1.807) is 12.3 Å². The number of morpholine rings is 1. The summed E-state index contributed by atoms with van der Waals surface area (Å²) < 4.78 is 5.93. The lowest BCUT2D eigenvalue weighted by Crippen LogP contribution is -2.44. The second-order valence-corrected chi connectivity index (χ2v) is 11.7. The minimum atomic E-state index is 0.0604. The molecule has 0 radical (unpaired) electrons. The zero-order valence-electron chi connectivity index (χ0n) is 23.1. The van der Waals surface area contributed by atoms with Gasteiger partial charge in [-0.3, -0.25) is 9.69 Å². The maximum atomic E-state index is 12.6. The summed E-state index contributed by atoms with van der Waals surface area (Å²) in [4.78, 5) is 33.8. The summed E-state index contributed by atoms with van der Waals surface area (Å²) in [7, 11) is 3.98. The molecular weight excluding hydrogens is 512 g/mol. The van der Waals surface area contributed by atoms with Crippen molar-refractivity contribution in [2.75, 3.05) is 57.5 Å². The summed E-state index contributed by atoms with van der Waals surface area (Å²) in [6, 6.07) is 8.21. The van der Waals surface area contributed by atoms with Crippen molar-refractivity contribution >= 4 is 44.4 Å². The zero-order chi connectivity index (χ0) is 27.4. The molecular formula is C28H38N8O2S. The average Bonchev–Trinajstić information content (AvgIpc) is 3.49. The van der Waals surface area contributed by atoms with Crippen molar-refractivity contribution < 1.29 is 9.53 Å². The minimum absolute atomic E-state index is 0.0604. The molecule has 0 bridgehead atoms. The van der Waals surface area contributed by atoms with Crippen LogP contribution < -0.4 is 10.6 Å². The molecule has 208 valence electrons. The van der Waals surface area contributed by atoms with E-state index in [1.807, 2.05) is 42.1 Å². The number of likely N-dealkylation sites (N-methyl/N-ethyl adjacent to an activating group) is 1. The summed E-state index contributed by atoms with van der Waals surface area (Å²) in [5.74, 6) is 1.59. The molecule has 10 nitrogen and oxygen atoms in total. The molecule has 39 heavy (non-hydrogen) atoms. The van der Waals surface area contributed by atoms with E-state index < -0.39 is 0 Å². The number of anilines is 3. The highest BCUT2D eigenvalue weighted by Gasteiger charge is 2.26. The van der Waals surface area contributed by atoms with Crippen molar-refractivity contribution in [3.05, 3.63) is 48.2 Å². The van der Waals surface area contributed by atoms with Crippen LogP contribution in [0.2, 0.25) is 0 Å². The molecule has 0 aromatic carbocycles. The third kappa shape index (κ3) is 7.51. The van der Waals surface area contributed by atoms with Gasteiger partial charge in [-0.2, -0.15) is 0 Å². The number of rotatable bonds is 9. The van der Waals surface area contributed by atoms with Crippen LogP contribution in [0.25, 0.3) is 10.3 Å². The van der Waals surface area contributed by atoms with Gasteiger partial charge in [0.2, 0.25) is 5.91 Å². The van der Waals surface area contributed by atoms with Crippen LogP contribution in [0.3, 0.4) is 0 Å². The molecule has 0 saturated carbocycles. The number of amides is 1. The molecule has 11 heteroatoms. The van der Waals surface area contributed by atoms with E-state index in [0.717, 1.165) is 71.8 Å². The molecule has 3 atom stereocenters. The number of hydrogen-bond donors (Lipinski definition) is 2. The lowest BCUT2D eigenvalue weighted by Gasteiger charge is -2.35. The van der Waals surface area contributed by atoms with Gasteiger partial charge in [0.15, 0.2) is 5.13 Å². The van der Waals surface area contributed by atoms with E-state index in [-0.39, 0.29) is 24.2 Å². The van der Waals surface area contributed by atoms with E-state index in [4.69, 9.17) is 9.72 Å². The van der Waals surface area contributed by atoms with E-state index in [0.29, 0.717) is 6.54 Å². The Morgan fingerprint density at radius 1 is 1.18 bits per heavy atom. The van der Waals surface area contributed by atoms with E-state index in [9.17, 15) is 4.79 Å². The Kier molecular flexibility index (Phi) is 8.71. The first-order valence-corrected chi connectivity index (χ1v) is 14.4. The second kappa shape index (κ2) is 12.4. The smallest absolute Gasteiger partial charge is 0.246 e. The minimum Gasteiger partial charge on any atom is -0.373 e. The first kappa shape index (κ1) is 27.4. The molecule has 0 unspecified atom stereocenters. The largest absolute Gasteiger partial charge is 0.373 e. The monoisotopic (exact) mass is 550 g/mol. The van der Waals surface area contributed by atoms with Crippen LogP contribution in [-0.2, 0) is 16.1 Å². The number of carbonyl (C=O) groups excluding carboxylic acids is 1. The van der Waals surface area contributed by atoms with E-state index in [2.05, 4.69) is 51.5 Å². The predicted molar refractivity (Wildman–Crippen MR) is 157 cm³/mol. The van der Waals surface area contributed by atoms with Gasteiger partial charge in [-0.25, -0.2) is 15.0 Å². The maximum Gasteiger partial charge on any atom is 0.246 e. The van der Waals surface area contributed by atoms with Crippen LogP contribution in [0.4, 0.5) is 16.8 Å². The number of hydrogen-bond acceptors (Lipinski definition) is 10. The second-order valence-electron chi connectivity index (χ2n) is 10.7.